The van der Waals surface area contributed by atoms with Crippen molar-refractivity contribution in [3.05, 3.63) is 29.8 Å². The number of nitrogens with one attached hydrogen (secondary N) is 4. The van der Waals surface area contributed by atoms with Crippen molar-refractivity contribution in [2.75, 3.05) is 6.54 Å². The third kappa shape index (κ3) is 13.1. The van der Waals surface area contributed by atoms with Crippen LogP contribution in [0, 0.1) is 11.8 Å². The second kappa shape index (κ2) is 18.0. The second-order valence-corrected chi connectivity index (χ2v) is 11.2. The van der Waals surface area contributed by atoms with Crippen LogP contribution in [0.15, 0.2) is 24.3 Å². The van der Waals surface area contributed by atoms with E-state index in [4.69, 9.17) is 11.5 Å². The van der Waals surface area contributed by atoms with Gasteiger partial charge in [-0.05, 0) is 68.7 Å². The standard InChI is InChI=1S/C29H48N6O6/c1-17(2)14-23(33-26(38)19(5)31)28(40)35-25(18(3)4)29(41)34-24(15-20-9-11-22(37)12-10-20)27(39)32-21(16-36)8-6-7-13-30/h9-12,16-19,21,23-25,37H,6-8,13-15,30-31H2,1-5H3,(H,32,39)(H,33,38)(H,34,41)(H,35,40)/t19-,21-,23-,24-,25-/m0/s1. The van der Waals surface area contributed by atoms with Crippen molar-refractivity contribution in [3.63, 3.8) is 0 Å². The molecule has 1 rings (SSSR count). The fourth-order valence-corrected chi connectivity index (χ4v) is 4.10. The highest BCUT2D eigenvalue weighted by Crippen LogP contribution is 2.13. The number of amides is 4. The van der Waals surface area contributed by atoms with Crippen molar-refractivity contribution in [1.82, 2.24) is 21.3 Å². The zero-order valence-electron chi connectivity index (χ0n) is 24.8. The van der Waals surface area contributed by atoms with Crippen LogP contribution in [0.4, 0.5) is 0 Å². The third-order valence-electron chi connectivity index (χ3n) is 6.47. The van der Waals surface area contributed by atoms with Crippen molar-refractivity contribution < 1.29 is 29.1 Å². The molecule has 0 fully saturated rings. The summed E-state index contributed by atoms with van der Waals surface area (Å²) in [6.45, 7) is 9.28. The van der Waals surface area contributed by atoms with Crippen LogP contribution in [-0.4, -0.2) is 71.8 Å². The Morgan fingerprint density at radius 2 is 1.41 bits per heavy atom. The Bertz CT molecular complexity index is 998. The molecule has 230 valence electrons. The van der Waals surface area contributed by atoms with Crippen LogP contribution in [-0.2, 0) is 30.4 Å². The minimum atomic E-state index is -1.08. The maximum atomic E-state index is 13.5. The first-order chi connectivity index (χ1) is 19.3. The van der Waals surface area contributed by atoms with Crippen molar-refractivity contribution in [2.24, 2.45) is 23.3 Å². The zero-order chi connectivity index (χ0) is 31.1. The van der Waals surface area contributed by atoms with Gasteiger partial charge < -0.3 is 42.6 Å². The van der Waals surface area contributed by atoms with Crippen molar-refractivity contribution in [3.8, 4) is 5.75 Å². The van der Waals surface area contributed by atoms with Gasteiger partial charge in [0.15, 0.2) is 0 Å². The lowest BCUT2D eigenvalue weighted by Crippen LogP contribution is -2.59. The van der Waals surface area contributed by atoms with Crippen LogP contribution in [0.1, 0.15) is 65.9 Å². The highest BCUT2D eigenvalue weighted by Gasteiger charge is 2.32. The summed E-state index contributed by atoms with van der Waals surface area (Å²) in [5, 5.41) is 20.4. The monoisotopic (exact) mass is 576 g/mol. The number of rotatable bonds is 18. The summed E-state index contributed by atoms with van der Waals surface area (Å²) in [5.41, 5.74) is 11.8. The summed E-state index contributed by atoms with van der Waals surface area (Å²) in [6, 6.07) is 1.62. The van der Waals surface area contributed by atoms with E-state index in [1.807, 2.05) is 13.8 Å². The van der Waals surface area contributed by atoms with Gasteiger partial charge >= 0.3 is 0 Å². The lowest BCUT2D eigenvalue weighted by molar-refractivity contribution is -0.135. The largest absolute Gasteiger partial charge is 0.508 e. The van der Waals surface area contributed by atoms with Gasteiger partial charge in [-0.3, -0.25) is 19.2 Å². The third-order valence-corrected chi connectivity index (χ3v) is 6.47. The van der Waals surface area contributed by atoms with E-state index >= 15 is 0 Å². The molecule has 0 aliphatic heterocycles. The molecule has 0 aliphatic carbocycles. The molecular formula is C29H48N6O6. The molecule has 0 saturated heterocycles. The number of aldehydes is 1. The van der Waals surface area contributed by atoms with E-state index < -0.39 is 53.8 Å². The molecule has 0 heterocycles. The Balaban J connectivity index is 3.15. The average molecular weight is 577 g/mol. The SMILES string of the molecule is CC(C)C[C@H](NC(=O)[C@H](C)N)C(=O)N[C@H](C(=O)N[C@@H](Cc1ccc(O)cc1)C(=O)N[C@H](C=O)CCCCN)C(C)C. The van der Waals surface area contributed by atoms with Crippen LogP contribution in [0.5, 0.6) is 5.75 Å². The molecule has 0 aliphatic rings. The molecule has 0 unspecified atom stereocenters. The summed E-state index contributed by atoms with van der Waals surface area (Å²) >= 11 is 0. The first-order valence-corrected chi connectivity index (χ1v) is 14.2. The molecule has 1 aromatic rings. The summed E-state index contributed by atoms with van der Waals surface area (Å²) in [7, 11) is 0. The molecule has 4 amide bonds. The number of nitrogens with two attached hydrogens (primary N) is 2. The molecule has 0 bridgehead atoms. The van der Waals surface area contributed by atoms with Crippen LogP contribution >= 0.6 is 0 Å². The Hall–Kier alpha value is -3.51. The van der Waals surface area contributed by atoms with E-state index in [-0.39, 0.29) is 24.0 Å². The van der Waals surface area contributed by atoms with Crippen LogP contribution in [0.25, 0.3) is 0 Å². The number of phenols is 1. The number of unbranched alkanes of at least 4 members (excludes halogenated alkanes) is 1. The molecular weight excluding hydrogens is 528 g/mol. The molecule has 5 atom stereocenters. The first-order valence-electron chi connectivity index (χ1n) is 14.2. The minimum absolute atomic E-state index is 0.0503. The smallest absolute Gasteiger partial charge is 0.243 e. The topological polar surface area (TPSA) is 206 Å². The van der Waals surface area contributed by atoms with Gasteiger partial charge in [0.1, 0.15) is 30.2 Å². The van der Waals surface area contributed by atoms with Crippen molar-refractivity contribution in [2.45, 2.75) is 96.9 Å². The van der Waals surface area contributed by atoms with E-state index in [1.165, 1.54) is 19.1 Å². The molecule has 12 heteroatoms. The van der Waals surface area contributed by atoms with Gasteiger partial charge in [0.05, 0.1) is 12.1 Å². The summed E-state index contributed by atoms with van der Waals surface area (Å²) in [4.78, 5) is 63.8. The van der Waals surface area contributed by atoms with E-state index in [0.29, 0.717) is 44.1 Å². The molecule has 9 N–H and O–H groups in total. The zero-order valence-corrected chi connectivity index (χ0v) is 24.8. The number of carbonyl (C=O) groups excluding carboxylic acids is 5. The number of hydrogen-bond acceptors (Lipinski definition) is 8. The average Bonchev–Trinajstić information content (AvgIpc) is 2.90. The lowest BCUT2D eigenvalue weighted by atomic mass is 9.98. The van der Waals surface area contributed by atoms with Gasteiger partial charge in [0, 0.05) is 6.42 Å². The lowest BCUT2D eigenvalue weighted by Gasteiger charge is -2.28. The van der Waals surface area contributed by atoms with Gasteiger partial charge in [0.2, 0.25) is 23.6 Å². The van der Waals surface area contributed by atoms with Crippen LogP contribution in [0.2, 0.25) is 0 Å². The Labute approximate surface area is 242 Å². The predicted octanol–water partition coefficient (Wildman–Crippen LogP) is 0.251. The maximum Gasteiger partial charge on any atom is 0.243 e. The first kappa shape index (κ1) is 35.5. The summed E-state index contributed by atoms with van der Waals surface area (Å²) in [6.07, 6.45) is 2.81. The Kier molecular flexibility index (Phi) is 15.6. The fourth-order valence-electron chi connectivity index (χ4n) is 4.10. The molecule has 1 aromatic carbocycles. The van der Waals surface area contributed by atoms with Crippen LogP contribution in [0.3, 0.4) is 0 Å². The predicted molar refractivity (Wildman–Crippen MR) is 156 cm³/mol. The Morgan fingerprint density at radius 3 is 1.93 bits per heavy atom. The number of hydrogen-bond donors (Lipinski definition) is 7. The highest BCUT2D eigenvalue weighted by molar-refractivity contribution is 5.95. The number of aromatic hydroxyl groups is 1. The molecule has 0 saturated carbocycles. The van der Waals surface area contributed by atoms with Gasteiger partial charge in [0.25, 0.3) is 0 Å². The number of benzene rings is 1. The van der Waals surface area contributed by atoms with E-state index in [2.05, 4.69) is 21.3 Å². The molecule has 0 aromatic heterocycles. The molecule has 12 nitrogen and oxygen atoms in total. The van der Waals surface area contributed by atoms with E-state index in [0.717, 1.165) is 0 Å². The minimum Gasteiger partial charge on any atom is -0.508 e. The number of carbonyl (C=O) groups is 5. The number of phenolic OH excluding ortho intramolecular Hbond substituents is 1. The quantitative estimate of drug-likeness (QED) is 0.0950. The molecule has 0 radical (unpaired) electrons. The van der Waals surface area contributed by atoms with Gasteiger partial charge in [-0.2, -0.15) is 0 Å². The molecule has 0 spiro atoms. The normalized spacial score (nSPS) is 14.9. The van der Waals surface area contributed by atoms with E-state index in [1.54, 1.807) is 26.0 Å². The molecule has 41 heavy (non-hydrogen) atoms. The van der Waals surface area contributed by atoms with E-state index in [9.17, 15) is 29.1 Å². The van der Waals surface area contributed by atoms with Gasteiger partial charge in [-0.1, -0.05) is 39.8 Å². The highest BCUT2D eigenvalue weighted by atomic mass is 16.3. The summed E-state index contributed by atoms with van der Waals surface area (Å²) < 4.78 is 0. The summed E-state index contributed by atoms with van der Waals surface area (Å²) in [5.74, 6) is -2.43. The van der Waals surface area contributed by atoms with Gasteiger partial charge in [-0.15, -0.1) is 0 Å². The second-order valence-electron chi connectivity index (χ2n) is 11.2. The fraction of sp³-hybridized carbons (Fsp3) is 0.621. The van der Waals surface area contributed by atoms with Crippen LogP contribution < -0.4 is 32.7 Å². The Morgan fingerprint density at radius 1 is 0.829 bits per heavy atom. The maximum absolute atomic E-state index is 13.5. The van der Waals surface area contributed by atoms with Crippen molar-refractivity contribution in [1.29, 1.82) is 0 Å². The van der Waals surface area contributed by atoms with Gasteiger partial charge in [-0.25, -0.2) is 0 Å². The van der Waals surface area contributed by atoms with Crippen molar-refractivity contribution >= 4 is 29.9 Å².